The molecular weight excluding hydrogens is 1280 g/mol. The Morgan fingerprint density at radius 3 is 1.60 bits per heavy atom. The first-order chi connectivity index (χ1) is 38.5. The number of anilines is 4. The third kappa shape index (κ3) is 28.1. The van der Waals surface area contributed by atoms with Crippen molar-refractivity contribution in [3.8, 4) is 0 Å². The van der Waals surface area contributed by atoms with Crippen molar-refractivity contribution in [2.24, 2.45) is 11.8 Å². The molecule has 2 saturated carbocycles. The number of nitrogens with zero attached hydrogens (tertiary/aromatic N) is 6. The molecule has 0 spiro atoms. The van der Waals surface area contributed by atoms with Crippen molar-refractivity contribution in [3.63, 3.8) is 0 Å². The van der Waals surface area contributed by atoms with Crippen LogP contribution in [0.15, 0.2) is 57.7 Å². The average Bonchev–Trinajstić information content (AvgIpc) is 3.48. The molecule has 2 aliphatic rings. The van der Waals surface area contributed by atoms with Gasteiger partial charge in [-0.3, -0.25) is 35.2 Å². The van der Waals surface area contributed by atoms with E-state index in [0.717, 1.165) is 75.9 Å². The summed E-state index contributed by atoms with van der Waals surface area (Å²) >= 11 is 7.01. The molecule has 0 atom stereocenters. The number of quaternary nitrogens is 1. The number of aromatic nitrogens is 4. The summed E-state index contributed by atoms with van der Waals surface area (Å²) in [6.07, 6.45) is -0.274. The van der Waals surface area contributed by atoms with Gasteiger partial charge in [0.25, 0.3) is 5.82 Å². The van der Waals surface area contributed by atoms with E-state index < -0.39 is 49.2 Å². The number of halogens is 9. The van der Waals surface area contributed by atoms with Gasteiger partial charge in [-0.25, -0.2) is 18.4 Å². The lowest BCUT2D eigenvalue weighted by molar-refractivity contribution is -0.426. The first-order valence-corrected chi connectivity index (χ1v) is 30.5. The van der Waals surface area contributed by atoms with Crippen molar-refractivity contribution >= 4 is 98.4 Å². The van der Waals surface area contributed by atoms with Crippen LogP contribution in [0.5, 0.6) is 0 Å². The van der Waals surface area contributed by atoms with Gasteiger partial charge in [-0.15, -0.1) is 0 Å². The van der Waals surface area contributed by atoms with Crippen molar-refractivity contribution in [1.82, 2.24) is 25.2 Å². The maximum Gasteiger partial charge on any atom is 0.471 e. The van der Waals surface area contributed by atoms with Crippen molar-refractivity contribution < 1.29 is 70.0 Å². The van der Waals surface area contributed by atoms with Crippen molar-refractivity contribution in [2.45, 2.75) is 149 Å². The number of amides is 1. The number of carbonyl (C=O) groups excluding carboxylic acids is 2. The van der Waals surface area contributed by atoms with Gasteiger partial charge in [0.2, 0.25) is 20.8 Å². The second-order valence-electron chi connectivity index (χ2n) is 20.0. The van der Waals surface area contributed by atoms with E-state index in [1.807, 2.05) is 55.6 Å². The molecule has 0 bridgehead atoms. The lowest BCUT2D eigenvalue weighted by Crippen LogP contribution is -2.61. The van der Waals surface area contributed by atoms with Gasteiger partial charge in [0.1, 0.15) is 18.4 Å². The van der Waals surface area contributed by atoms with E-state index in [9.17, 15) is 59.8 Å². The molecule has 32 heteroatoms. The Bertz CT molecular complexity index is 2840. The highest BCUT2D eigenvalue weighted by atomic mass is 79.9. The molecule has 83 heavy (non-hydrogen) atoms. The van der Waals surface area contributed by atoms with Crippen molar-refractivity contribution in [2.75, 3.05) is 47.2 Å². The second kappa shape index (κ2) is 34.9. The molecule has 2 fully saturated rings. The Balaban J connectivity index is 0.000000425. The van der Waals surface area contributed by atoms with Gasteiger partial charge in [-0.2, -0.15) is 31.3 Å². The third-order valence-electron chi connectivity index (χ3n) is 13.1. The number of carboxylic acids is 1. The van der Waals surface area contributed by atoms with E-state index in [2.05, 4.69) is 129 Å². The van der Waals surface area contributed by atoms with Crippen LogP contribution in [0.1, 0.15) is 108 Å². The molecule has 0 aliphatic heterocycles. The van der Waals surface area contributed by atoms with Crippen LogP contribution >= 0.6 is 42.5 Å². The molecule has 0 unspecified atom stereocenters. The molecule has 0 radical (unpaired) electrons. The molecular formula is C51H73Br2ClF6N13O9S+. The zero-order valence-electron chi connectivity index (χ0n) is 47.1. The molecule has 1 amide bonds. The van der Waals surface area contributed by atoms with Gasteiger partial charge >= 0.3 is 35.6 Å². The molecule has 2 aromatic carbocycles. The Kier molecular flexibility index (Phi) is 30.8. The maximum atomic E-state index is 12.4. The van der Waals surface area contributed by atoms with Crippen LogP contribution < -0.4 is 42.4 Å². The van der Waals surface area contributed by atoms with Crippen LogP contribution in [0.2, 0.25) is 0 Å². The minimum Gasteiger partial charge on any atom is -0.542 e. The van der Waals surface area contributed by atoms with Crippen LogP contribution in [-0.4, -0.2) is 112 Å². The van der Waals surface area contributed by atoms with Crippen LogP contribution in [0, 0.1) is 45.9 Å². The molecule has 0 saturated heterocycles. The standard InChI is InChI=1S/C21H24BrF3N6O3.C19H25BrN6O2.C8H19N.C2HF3O2.CH3ClO2S/c1-12-14(3-2-4-16(12)22)10-27-20-28-11-17(31(33)34)18(30-20)26-9-13-5-7-15(8-6-13)29-19(32)21(23,24)25;1-12-14(3-2-4-16(12)20)10-23-19-24-11-17(26(27)28)18(25-19)22-9-13-5-7-15(21)8-6-13;1-6-9(7(2)3)8(4)5;3-2(4,5)1(6)7;1-5(2,3)4/h2-4,11,13,15H,5-10H2,1H3,(H,29,32)(H2,26,27,28,30);2-4,11,13,15H,5-10,21H2,1H3,(H2,22,23,24,25);7-8H,6H2,1-5H3;(H,6,7);1H3/p+1. The number of rotatable bonds is 18. The maximum absolute atomic E-state index is 12.4. The minimum absolute atomic E-state index is 0.0463. The number of nitrogens with one attached hydrogen (secondary N) is 6. The van der Waals surface area contributed by atoms with Crippen LogP contribution in [0.4, 0.5) is 61.2 Å². The summed E-state index contributed by atoms with van der Waals surface area (Å²) in [5.41, 5.74) is 8.15. The Morgan fingerprint density at radius 2 is 1.20 bits per heavy atom. The first kappa shape index (κ1) is 73.3. The lowest BCUT2D eigenvalue weighted by atomic mass is 9.86. The van der Waals surface area contributed by atoms with Crippen molar-refractivity contribution in [1.29, 1.82) is 0 Å². The molecule has 4 aromatic rings. The van der Waals surface area contributed by atoms with E-state index >= 15 is 0 Å². The molecule has 9 N–H and O–H groups in total. The number of aliphatic carboxylic acids is 1. The monoisotopic (exact) mass is 1350 g/mol. The van der Waals surface area contributed by atoms with Gasteiger partial charge in [0, 0.05) is 57.4 Å². The van der Waals surface area contributed by atoms with Crippen LogP contribution in [0.3, 0.4) is 0 Å². The molecule has 2 heterocycles. The summed E-state index contributed by atoms with van der Waals surface area (Å²) in [7, 11) is 1.31. The van der Waals surface area contributed by atoms with Gasteiger partial charge in [0.15, 0.2) is 0 Å². The minimum atomic E-state index is -5.19. The number of alkyl halides is 6. The normalized spacial score (nSPS) is 16.9. The predicted octanol–water partition coefficient (Wildman–Crippen LogP) is 9.03. The molecule has 464 valence electrons. The lowest BCUT2D eigenvalue weighted by Gasteiger charge is -2.29. The Labute approximate surface area is 499 Å². The molecule has 22 nitrogen and oxygen atoms in total. The van der Waals surface area contributed by atoms with Gasteiger partial charge in [-0.1, -0.05) is 63.0 Å². The Hall–Kier alpha value is -5.76. The summed E-state index contributed by atoms with van der Waals surface area (Å²) < 4.78 is 89.6. The number of H-pyrrole nitrogens is 1. The number of carbonyl (C=O) groups is 2. The summed E-state index contributed by atoms with van der Waals surface area (Å²) in [5, 5.41) is 46.0. The smallest absolute Gasteiger partial charge is 0.471 e. The predicted molar refractivity (Wildman–Crippen MR) is 309 cm³/mol. The number of carboxylic acid groups (broad SMARTS) is 1. The summed E-state index contributed by atoms with van der Waals surface area (Å²) in [5.74, 6) is -3.26. The first-order valence-electron chi connectivity index (χ1n) is 26.2. The van der Waals surface area contributed by atoms with E-state index in [4.69, 9.17) is 9.90 Å². The SMILES string of the molecule is CCN(C(C)C)C(C)C.CS(=O)(=O)Cl.Cc1c(Br)cccc1CNc1nc(NCC2CCC([NH3+])CC2)c([N+](=O)[O-])c[nH+]1.Cc1c(Br)cccc1CNc1ncc([N+](=O)[O-])c(NCC2CCC(NC(=O)C(F)(F)F)CC2)n1.O=C([O-])C(F)(F)F. The fourth-order valence-corrected chi connectivity index (χ4v) is 9.37. The van der Waals surface area contributed by atoms with Crippen LogP contribution in [-0.2, 0) is 31.7 Å². The summed E-state index contributed by atoms with van der Waals surface area (Å²) in [4.78, 5) is 59.7. The van der Waals surface area contributed by atoms with E-state index in [0.29, 0.717) is 87.7 Å². The van der Waals surface area contributed by atoms with E-state index in [1.165, 1.54) is 6.20 Å². The zero-order chi connectivity index (χ0) is 63.0. The molecule has 2 aromatic heterocycles. The zero-order valence-corrected chi connectivity index (χ0v) is 51.9. The largest absolute Gasteiger partial charge is 0.542 e. The third-order valence-corrected chi connectivity index (χ3v) is 14.8. The topological polar surface area (TPSA) is 321 Å². The number of nitro groups is 2. The second-order valence-corrected chi connectivity index (χ2v) is 24.8. The van der Waals surface area contributed by atoms with E-state index in [-0.39, 0.29) is 29.1 Å². The number of benzene rings is 2. The highest BCUT2D eigenvalue weighted by Crippen LogP contribution is 2.30. The highest BCUT2D eigenvalue weighted by Gasteiger charge is 2.40. The fourth-order valence-electron chi connectivity index (χ4n) is 8.55. The summed E-state index contributed by atoms with van der Waals surface area (Å²) in [6.45, 7) is 18.4. The van der Waals surface area contributed by atoms with Gasteiger partial charge in [0.05, 0.1) is 28.7 Å². The number of aromatic amines is 1. The quantitative estimate of drug-likeness (QED) is 0.0234. The molecule has 6 rings (SSSR count). The highest BCUT2D eigenvalue weighted by molar-refractivity contribution is 9.10. The molecule has 2 aliphatic carbocycles. The average molecular weight is 1350 g/mol. The van der Waals surface area contributed by atoms with Crippen molar-refractivity contribution in [3.05, 3.63) is 100 Å². The number of hydrogen-bond acceptors (Lipinski definition) is 17. The number of hydrogen-bond donors (Lipinski definition) is 6. The Morgan fingerprint density at radius 1 is 0.771 bits per heavy atom. The summed E-state index contributed by atoms with van der Waals surface area (Å²) in [6, 6.07) is 13.2. The van der Waals surface area contributed by atoms with Crippen LogP contribution in [0.25, 0.3) is 0 Å². The van der Waals surface area contributed by atoms with Gasteiger partial charge < -0.3 is 36.9 Å². The fraction of sp³-hybridized carbons (Fsp3) is 0.569. The van der Waals surface area contributed by atoms with E-state index in [1.54, 1.807) is 0 Å². The van der Waals surface area contributed by atoms with Gasteiger partial charge in [-0.05, 0) is 151 Å².